The molecule has 0 saturated carbocycles. The smallest absolute Gasteiger partial charge is 0.225 e. The van der Waals surface area contributed by atoms with E-state index in [1.807, 2.05) is 32.0 Å². The Balaban J connectivity index is 2.61. The quantitative estimate of drug-likeness (QED) is 0.842. The second-order valence-electron chi connectivity index (χ2n) is 4.72. The summed E-state index contributed by atoms with van der Waals surface area (Å²) in [6.45, 7) is 4.15. The molecule has 0 aliphatic rings. The number of halogens is 1. The van der Waals surface area contributed by atoms with Crippen LogP contribution < -0.4 is 10.1 Å². The number of carbonyl (C=O) groups is 1. The number of hydrogen-bond donors (Lipinski definition) is 2. The molecule has 0 aliphatic carbocycles. The molecule has 4 nitrogen and oxygen atoms in total. The second-order valence-corrected chi connectivity index (χ2v) is 5.57. The van der Waals surface area contributed by atoms with Crippen LogP contribution in [0.25, 0.3) is 0 Å². The van der Waals surface area contributed by atoms with Crippen LogP contribution in [0.4, 0.5) is 0 Å². The van der Waals surface area contributed by atoms with Gasteiger partial charge in [-0.1, -0.05) is 19.9 Å². The van der Waals surface area contributed by atoms with Crippen LogP contribution in [0, 0.1) is 11.8 Å². The van der Waals surface area contributed by atoms with E-state index in [1.54, 1.807) is 7.11 Å². The number of nitrogens with one attached hydrogen (secondary N) is 1. The fraction of sp³-hybridized carbons (Fsp3) is 0.500. The zero-order chi connectivity index (χ0) is 14.4. The van der Waals surface area contributed by atoms with Gasteiger partial charge < -0.3 is 15.2 Å². The van der Waals surface area contributed by atoms with E-state index in [2.05, 4.69) is 21.2 Å². The van der Waals surface area contributed by atoms with E-state index in [0.717, 1.165) is 15.8 Å². The van der Waals surface area contributed by atoms with Crippen LogP contribution in [0.5, 0.6) is 5.75 Å². The SMILES string of the molecule is COc1ccc(CNC(=O)C(CO)C(C)C)cc1Br. The number of ether oxygens (including phenoxy) is 1. The van der Waals surface area contributed by atoms with Crippen LogP contribution in [-0.4, -0.2) is 24.7 Å². The molecular formula is C14H20BrNO3. The molecule has 1 unspecified atom stereocenters. The Morgan fingerprint density at radius 2 is 2.16 bits per heavy atom. The minimum atomic E-state index is -0.360. The number of rotatable bonds is 6. The third-order valence-corrected chi connectivity index (χ3v) is 3.64. The minimum Gasteiger partial charge on any atom is -0.496 e. The van der Waals surface area contributed by atoms with Crippen LogP contribution >= 0.6 is 15.9 Å². The molecule has 0 spiro atoms. The zero-order valence-electron chi connectivity index (χ0n) is 11.4. The molecule has 1 atom stereocenters. The number of aliphatic hydroxyl groups excluding tert-OH is 1. The maximum absolute atomic E-state index is 11.9. The molecule has 0 aliphatic heterocycles. The Morgan fingerprint density at radius 1 is 1.47 bits per heavy atom. The van der Waals surface area contributed by atoms with Crippen LogP contribution in [0.2, 0.25) is 0 Å². The van der Waals surface area contributed by atoms with Crippen molar-refractivity contribution in [1.82, 2.24) is 5.32 Å². The monoisotopic (exact) mass is 329 g/mol. The summed E-state index contributed by atoms with van der Waals surface area (Å²) in [6, 6.07) is 5.65. The normalized spacial score (nSPS) is 12.3. The lowest BCUT2D eigenvalue weighted by Gasteiger charge is -2.17. The van der Waals surface area contributed by atoms with Crippen molar-refractivity contribution in [1.29, 1.82) is 0 Å². The third kappa shape index (κ3) is 4.51. The number of aliphatic hydroxyl groups is 1. The molecule has 0 saturated heterocycles. The van der Waals surface area contributed by atoms with Crippen molar-refractivity contribution in [3.8, 4) is 5.75 Å². The van der Waals surface area contributed by atoms with E-state index in [9.17, 15) is 9.90 Å². The summed E-state index contributed by atoms with van der Waals surface area (Å²) in [5.74, 6) is 0.393. The molecule has 0 bridgehead atoms. The fourth-order valence-electron chi connectivity index (χ4n) is 1.74. The summed E-state index contributed by atoms with van der Waals surface area (Å²) in [6.07, 6.45) is 0. The fourth-order valence-corrected chi connectivity index (χ4v) is 2.32. The molecule has 106 valence electrons. The number of hydrogen-bond acceptors (Lipinski definition) is 3. The lowest BCUT2D eigenvalue weighted by Crippen LogP contribution is -2.35. The average Bonchev–Trinajstić information content (AvgIpc) is 2.37. The van der Waals surface area contributed by atoms with Crippen molar-refractivity contribution < 1.29 is 14.6 Å². The second kappa shape index (κ2) is 7.50. The van der Waals surface area contributed by atoms with Gasteiger partial charge in [-0.05, 0) is 39.5 Å². The van der Waals surface area contributed by atoms with E-state index in [1.165, 1.54) is 0 Å². The molecule has 19 heavy (non-hydrogen) atoms. The zero-order valence-corrected chi connectivity index (χ0v) is 13.0. The highest BCUT2D eigenvalue weighted by molar-refractivity contribution is 9.10. The summed E-state index contributed by atoms with van der Waals surface area (Å²) in [5, 5.41) is 12.0. The lowest BCUT2D eigenvalue weighted by molar-refractivity contribution is -0.127. The molecule has 5 heteroatoms. The topological polar surface area (TPSA) is 58.6 Å². The molecule has 1 amide bonds. The van der Waals surface area contributed by atoms with Crippen molar-refractivity contribution in [2.24, 2.45) is 11.8 Å². The van der Waals surface area contributed by atoms with E-state index in [4.69, 9.17) is 4.74 Å². The molecule has 1 aromatic carbocycles. The first-order valence-electron chi connectivity index (χ1n) is 6.20. The summed E-state index contributed by atoms with van der Waals surface area (Å²) in [5.41, 5.74) is 0.974. The molecule has 0 radical (unpaired) electrons. The maximum Gasteiger partial charge on any atom is 0.225 e. The highest BCUT2D eigenvalue weighted by Crippen LogP contribution is 2.25. The molecule has 2 N–H and O–H groups in total. The van der Waals surface area contributed by atoms with Gasteiger partial charge >= 0.3 is 0 Å². The van der Waals surface area contributed by atoms with Gasteiger partial charge in [-0.2, -0.15) is 0 Å². The van der Waals surface area contributed by atoms with Gasteiger partial charge in [0.15, 0.2) is 0 Å². The predicted octanol–water partition coefficient (Wildman–Crippen LogP) is 2.34. The molecule has 1 rings (SSSR count). The van der Waals surface area contributed by atoms with E-state index in [-0.39, 0.29) is 24.3 Å². The van der Waals surface area contributed by atoms with Gasteiger partial charge in [-0.3, -0.25) is 4.79 Å². The van der Waals surface area contributed by atoms with Crippen molar-refractivity contribution in [3.05, 3.63) is 28.2 Å². The van der Waals surface area contributed by atoms with Gasteiger partial charge in [0, 0.05) is 6.54 Å². The maximum atomic E-state index is 11.9. The summed E-state index contributed by atoms with van der Waals surface area (Å²) >= 11 is 3.40. The summed E-state index contributed by atoms with van der Waals surface area (Å²) in [7, 11) is 1.61. The van der Waals surface area contributed by atoms with Crippen molar-refractivity contribution in [3.63, 3.8) is 0 Å². The molecule has 0 aromatic heterocycles. The number of amides is 1. The largest absolute Gasteiger partial charge is 0.496 e. The van der Waals surface area contributed by atoms with Crippen molar-refractivity contribution >= 4 is 21.8 Å². The Labute approximate surface area is 122 Å². The summed E-state index contributed by atoms with van der Waals surface area (Å²) in [4.78, 5) is 11.9. The van der Waals surface area contributed by atoms with Crippen LogP contribution in [0.3, 0.4) is 0 Å². The average molecular weight is 330 g/mol. The first-order chi connectivity index (χ1) is 8.99. The van der Waals surface area contributed by atoms with Gasteiger partial charge in [0.2, 0.25) is 5.91 Å². The Morgan fingerprint density at radius 3 is 2.63 bits per heavy atom. The van der Waals surface area contributed by atoms with Gasteiger partial charge in [-0.15, -0.1) is 0 Å². The Bertz CT molecular complexity index is 435. The highest BCUT2D eigenvalue weighted by Gasteiger charge is 2.20. The van der Waals surface area contributed by atoms with E-state index < -0.39 is 0 Å². The molecule has 1 aromatic rings. The van der Waals surface area contributed by atoms with Gasteiger partial charge in [0.05, 0.1) is 24.1 Å². The first-order valence-corrected chi connectivity index (χ1v) is 6.99. The predicted molar refractivity (Wildman–Crippen MR) is 78.0 cm³/mol. The van der Waals surface area contributed by atoms with Gasteiger partial charge in [0.25, 0.3) is 0 Å². The summed E-state index contributed by atoms with van der Waals surface area (Å²) < 4.78 is 6.00. The van der Waals surface area contributed by atoms with E-state index in [0.29, 0.717) is 6.54 Å². The van der Waals surface area contributed by atoms with Crippen LogP contribution in [0.15, 0.2) is 22.7 Å². The minimum absolute atomic E-state index is 0.118. The van der Waals surface area contributed by atoms with E-state index >= 15 is 0 Å². The Kier molecular flexibility index (Phi) is 6.31. The van der Waals surface area contributed by atoms with Crippen LogP contribution in [-0.2, 0) is 11.3 Å². The lowest BCUT2D eigenvalue weighted by atomic mass is 9.96. The van der Waals surface area contributed by atoms with Crippen molar-refractivity contribution in [2.45, 2.75) is 20.4 Å². The van der Waals surface area contributed by atoms with Gasteiger partial charge in [0.1, 0.15) is 5.75 Å². The first kappa shape index (κ1) is 16.0. The highest BCUT2D eigenvalue weighted by atomic mass is 79.9. The Hall–Kier alpha value is -1.07. The standard InChI is InChI=1S/C14H20BrNO3/c1-9(2)11(8-17)14(18)16-7-10-4-5-13(19-3)12(15)6-10/h4-6,9,11,17H,7-8H2,1-3H3,(H,16,18). The molecule has 0 heterocycles. The molecular weight excluding hydrogens is 310 g/mol. The third-order valence-electron chi connectivity index (χ3n) is 3.02. The van der Waals surface area contributed by atoms with Gasteiger partial charge in [-0.25, -0.2) is 0 Å². The van der Waals surface area contributed by atoms with Crippen molar-refractivity contribution in [2.75, 3.05) is 13.7 Å². The van der Waals surface area contributed by atoms with Crippen LogP contribution in [0.1, 0.15) is 19.4 Å². The number of methoxy groups -OCH3 is 1. The molecule has 0 fully saturated rings. The number of carbonyl (C=O) groups excluding carboxylic acids is 1. The number of benzene rings is 1.